The SMILES string of the molecule is COc1ccc(OC)c([C@@H](C)NC(=O)CN2CCNC(=O)C2)c1. The number of carbonyl (C=O) groups is 2. The van der Waals surface area contributed by atoms with Gasteiger partial charge in [-0.2, -0.15) is 0 Å². The lowest BCUT2D eigenvalue weighted by atomic mass is 10.1. The van der Waals surface area contributed by atoms with Gasteiger partial charge in [-0.1, -0.05) is 0 Å². The topological polar surface area (TPSA) is 79.9 Å². The second kappa shape index (κ2) is 7.82. The van der Waals surface area contributed by atoms with Gasteiger partial charge >= 0.3 is 0 Å². The zero-order chi connectivity index (χ0) is 16.8. The molecule has 0 bridgehead atoms. The molecule has 0 aromatic heterocycles. The van der Waals surface area contributed by atoms with Crippen LogP contribution in [0.5, 0.6) is 11.5 Å². The van der Waals surface area contributed by atoms with Crippen molar-refractivity contribution in [3.8, 4) is 11.5 Å². The predicted molar refractivity (Wildman–Crippen MR) is 85.6 cm³/mol. The molecule has 7 heteroatoms. The first-order valence-electron chi connectivity index (χ1n) is 7.54. The molecular formula is C16H23N3O4. The van der Waals surface area contributed by atoms with E-state index in [0.717, 1.165) is 5.56 Å². The van der Waals surface area contributed by atoms with Gasteiger partial charge in [0.1, 0.15) is 11.5 Å². The van der Waals surface area contributed by atoms with E-state index in [9.17, 15) is 9.59 Å². The van der Waals surface area contributed by atoms with Crippen LogP contribution in [0, 0.1) is 0 Å². The lowest BCUT2D eigenvalue weighted by Crippen LogP contribution is -2.50. The quantitative estimate of drug-likeness (QED) is 0.788. The molecule has 2 amide bonds. The first kappa shape index (κ1) is 17.1. The van der Waals surface area contributed by atoms with Crippen LogP contribution in [-0.4, -0.2) is 57.1 Å². The Bertz CT molecular complexity index is 576. The number of nitrogens with one attached hydrogen (secondary N) is 2. The monoisotopic (exact) mass is 321 g/mol. The third kappa shape index (κ3) is 4.59. The van der Waals surface area contributed by atoms with Crippen molar-refractivity contribution < 1.29 is 19.1 Å². The van der Waals surface area contributed by atoms with Crippen LogP contribution < -0.4 is 20.1 Å². The van der Waals surface area contributed by atoms with Crippen molar-refractivity contribution >= 4 is 11.8 Å². The van der Waals surface area contributed by atoms with Gasteiger partial charge in [0.15, 0.2) is 0 Å². The number of ether oxygens (including phenoxy) is 2. The molecule has 1 aromatic rings. The highest BCUT2D eigenvalue weighted by molar-refractivity contribution is 5.82. The number of carbonyl (C=O) groups excluding carboxylic acids is 2. The van der Waals surface area contributed by atoms with Crippen molar-refractivity contribution in [1.29, 1.82) is 0 Å². The summed E-state index contributed by atoms with van der Waals surface area (Å²) in [5.74, 6) is 1.22. The van der Waals surface area contributed by atoms with E-state index >= 15 is 0 Å². The maximum Gasteiger partial charge on any atom is 0.234 e. The van der Waals surface area contributed by atoms with E-state index in [4.69, 9.17) is 9.47 Å². The Morgan fingerprint density at radius 2 is 2.17 bits per heavy atom. The molecule has 0 radical (unpaired) electrons. The molecule has 1 heterocycles. The van der Waals surface area contributed by atoms with E-state index in [0.29, 0.717) is 24.6 Å². The molecule has 0 spiro atoms. The normalized spacial score (nSPS) is 16.4. The molecule has 0 unspecified atom stereocenters. The average molecular weight is 321 g/mol. The van der Waals surface area contributed by atoms with Gasteiger partial charge < -0.3 is 20.1 Å². The lowest BCUT2D eigenvalue weighted by Gasteiger charge is -2.26. The lowest BCUT2D eigenvalue weighted by molar-refractivity contribution is -0.127. The molecule has 126 valence electrons. The fourth-order valence-corrected chi connectivity index (χ4v) is 2.57. The second-order valence-corrected chi connectivity index (χ2v) is 5.46. The highest BCUT2D eigenvalue weighted by Crippen LogP contribution is 2.29. The first-order valence-corrected chi connectivity index (χ1v) is 7.54. The van der Waals surface area contributed by atoms with E-state index in [1.54, 1.807) is 14.2 Å². The maximum absolute atomic E-state index is 12.2. The van der Waals surface area contributed by atoms with Crippen LogP contribution in [0.3, 0.4) is 0 Å². The summed E-state index contributed by atoms with van der Waals surface area (Å²) < 4.78 is 10.6. The summed E-state index contributed by atoms with van der Waals surface area (Å²) in [6, 6.07) is 5.24. The molecule has 1 aromatic carbocycles. The van der Waals surface area contributed by atoms with Gasteiger partial charge in [-0.25, -0.2) is 0 Å². The molecule has 2 rings (SSSR count). The molecule has 1 saturated heterocycles. The van der Waals surface area contributed by atoms with Crippen molar-refractivity contribution in [3.63, 3.8) is 0 Å². The number of rotatable bonds is 6. The molecule has 1 aliphatic rings. The van der Waals surface area contributed by atoms with E-state index in [1.165, 1.54) is 0 Å². The summed E-state index contributed by atoms with van der Waals surface area (Å²) in [6.45, 7) is 3.59. The Hall–Kier alpha value is -2.28. The highest BCUT2D eigenvalue weighted by atomic mass is 16.5. The summed E-state index contributed by atoms with van der Waals surface area (Å²) in [6.07, 6.45) is 0. The Morgan fingerprint density at radius 1 is 1.39 bits per heavy atom. The van der Waals surface area contributed by atoms with Crippen molar-refractivity contribution in [1.82, 2.24) is 15.5 Å². The number of amides is 2. The second-order valence-electron chi connectivity index (χ2n) is 5.46. The molecule has 0 saturated carbocycles. The molecule has 1 fully saturated rings. The van der Waals surface area contributed by atoms with Crippen LogP contribution in [-0.2, 0) is 9.59 Å². The number of hydrogen-bond acceptors (Lipinski definition) is 5. The van der Waals surface area contributed by atoms with Gasteiger partial charge in [-0.3, -0.25) is 14.5 Å². The number of piperazine rings is 1. The van der Waals surface area contributed by atoms with Crippen molar-refractivity contribution in [3.05, 3.63) is 23.8 Å². The Balaban J connectivity index is 1.99. The molecule has 0 aliphatic carbocycles. The minimum Gasteiger partial charge on any atom is -0.497 e. The fourth-order valence-electron chi connectivity index (χ4n) is 2.57. The zero-order valence-electron chi connectivity index (χ0n) is 13.7. The molecule has 1 aliphatic heterocycles. The van der Waals surface area contributed by atoms with Crippen LogP contribution in [0.25, 0.3) is 0 Å². The summed E-state index contributed by atoms with van der Waals surface area (Å²) in [5, 5.41) is 5.67. The minimum atomic E-state index is -0.230. The van der Waals surface area contributed by atoms with Crippen LogP contribution >= 0.6 is 0 Å². The molecule has 1 atom stereocenters. The number of nitrogens with zero attached hydrogens (tertiary/aromatic N) is 1. The smallest absolute Gasteiger partial charge is 0.234 e. The van der Waals surface area contributed by atoms with Crippen LogP contribution in [0.1, 0.15) is 18.5 Å². The molecular weight excluding hydrogens is 298 g/mol. The van der Waals surface area contributed by atoms with Gasteiger partial charge in [0, 0.05) is 18.7 Å². The van der Waals surface area contributed by atoms with E-state index < -0.39 is 0 Å². The summed E-state index contributed by atoms with van der Waals surface area (Å²) in [4.78, 5) is 25.4. The van der Waals surface area contributed by atoms with E-state index in [2.05, 4.69) is 10.6 Å². The number of benzene rings is 1. The van der Waals surface area contributed by atoms with Crippen LogP contribution in [0.4, 0.5) is 0 Å². The largest absolute Gasteiger partial charge is 0.497 e. The van der Waals surface area contributed by atoms with E-state index in [-0.39, 0.29) is 30.9 Å². The molecule has 7 nitrogen and oxygen atoms in total. The van der Waals surface area contributed by atoms with Gasteiger partial charge in [0.05, 0.1) is 33.4 Å². The summed E-state index contributed by atoms with van der Waals surface area (Å²) >= 11 is 0. The van der Waals surface area contributed by atoms with Crippen molar-refractivity contribution in [2.75, 3.05) is 40.4 Å². The van der Waals surface area contributed by atoms with Gasteiger partial charge in [0.25, 0.3) is 0 Å². The van der Waals surface area contributed by atoms with Crippen molar-refractivity contribution in [2.45, 2.75) is 13.0 Å². The summed E-state index contributed by atoms with van der Waals surface area (Å²) in [5.41, 5.74) is 0.844. The fraction of sp³-hybridized carbons (Fsp3) is 0.500. The van der Waals surface area contributed by atoms with Crippen LogP contribution in [0.15, 0.2) is 18.2 Å². The van der Waals surface area contributed by atoms with Gasteiger partial charge in [0.2, 0.25) is 11.8 Å². The number of hydrogen-bond donors (Lipinski definition) is 2. The Kier molecular flexibility index (Phi) is 5.81. The highest BCUT2D eigenvalue weighted by Gasteiger charge is 2.20. The maximum atomic E-state index is 12.2. The van der Waals surface area contributed by atoms with Crippen molar-refractivity contribution in [2.24, 2.45) is 0 Å². The van der Waals surface area contributed by atoms with Gasteiger partial charge in [-0.15, -0.1) is 0 Å². The minimum absolute atomic E-state index is 0.0495. The average Bonchev–Trinajstić information content (AvgIpc) is 2.54. The summed E-state index contributed by atoms with van der Waals surface area (Å²) in [7, 11) is 3.18. The zero-order valence-corrected chi connectivity index (χ0v) is 13.7. The Labute approximate surface area is 135 Å². The Morgan fingerprint density at radius 3 is 2.83 bits per heavy atom. The number of methoxy groups -OCH3 is 2. The molecule has 2 N–H and O–H groups in total. The first-order chi connectivity index (χ1) is 11.0. The van der Waals surface area contributed by atoms with E-state index in [1.807, 2.05) is 30.0 Å². The van der Waals surface area contributed by atoms with Gasteiger partial charge in [-0.05, 0) is 25.1 Å². The van der Waals surface area contributed by atoms with Crippen LogP contribution in [0.2, 0.25) is 0 Å². The third-order valence-corrected chi connectivity index (χ3v) is 3.77. The predicted octanol–water partition coefficient (Wildman–Crippen LogP) is 0.313. The molecule has 23 heavy (non-hydrogen) atoms. The standard InChI is InChI=1S/C16H23N3O4/c1-11(13-8-12(22-2)4-5-14(13)23-3)18-16(21)10-19-7-6-17-15(20)9-19/h4-5,8,11H,6-7,9-10H2,1-3H3,(H,17,20)(H,18,21)/t11-/m1/s1. The third-order valence-electron chi connectivity index (χ3n) is 3.77.